The largest absolute Gasteiger partial charge is 0.349 e. The summed E-state index contributed by atoms with van der Waals surface area (Å²) in [6.07, 6.45) is 5.67. The summed E-state index contributed by atoms with van der Waals surface area (Å²) in [5.41, 5.74) is 7.34. The van der Waals surface area contributed by atoms with Crippen LogP contribution in [-0.2, 0) is 6.42 Å². The fourth-order valence-electron chi connectivity index (χ4n) is 2.60. The van der Waals surface area contributed by atoms with E-state index in [0.29, 0.717) is 10.7 Å². The van der Waals surface area contributed by atoms with E-state index in [4.69, 9.17) is 17.3 Å². The molecule has 1 aromatic heterocycles. The standard InChI is InChI=1S/C15H22ClN3O/c1-2-3-13-8-10(9-14(16)18-13)15(20)19-12-6-4-11(17)5-7-12/h8-9,11-12H,2-7,17H2,1H3,(H,19,20). The number of halogens is 1. The molecular weight excluding hydrogens is 274 g/mol. The van der Waals surface area contributed by atoms with Gasteiger partial charge in [0.05, 0.1) is 0 Å². The maximum atomic E-state index is 12.3. The smallest absolute Gasteiger partial charge is 0.251 e. The summed E-state index contributed by atoms with van der Waals surface area (Å²) < 4.78 is 0. The highest BCUT2D eigenvalue weighted by Gasteiger charge is 2.20. The van der Waals surface area contributed by atoms with Crippen LogP contribution < -0.4 is 11.1 Å². The monoisotopic (exact) mass is 295 g/mol. The van der Waals surface area contributed by atoms with E-state index in [1.807, 2.05) is 6.07 Å². The summed E-state index contributed by atoms with van der Waals surface area (Å²) in [6.45, 7) is 2.08. The first-order valence-corrected chi connectivity index (χ1v) is 7.69. The molecule has 0 unspecified atom stereocenters. The Hall–Kier alpha value is -1.13. The molecule has 4 nitrogen and oxygen atoms in total. The van der Waals surface area contributed by atoms with Crippen LogP contribution in [0.3, 0.4) is 0 Å². The Morgan fingerprint density at radius 1 is 1.40 bits per heavy atom. The van der Waals surface area contributed by atoms with E-state index in [1.54, 1.807) is 6.07 Å². The van der Waals surface area contributed by atoms with E-state index >= 15 is 0 Å². The lowest BCUT2D eigenvalue weighted by molar-refractivity contribution is 0.0925. The predicted molar refractivity (Wildman–Crippen MR) is 80.9 cm³/mol. The van der Waals surface area contributed by atoms with Crippen LogP contribution in [0, 0.1) is 0 Å². The lowest BCUT2D eigenvalue weighted by Gasteiger charge is -2.26. The van der Waals surface area contributed by atoms with Gasteiger partial charge in [0, 0.05) is 23.3 Å². The average Bonchev–Trinajstić information content (AvgIpc) is 2.41. The van der Waals surface area contributed by atoms with Gasteiger partial charge in [0.1, 0.15) is 5.15 Å². The van der Waals surface area contributed by atoms with E-state index in [2.05, 4.69) is 17.2 Å². The van der Waals surface area contributed by atoms with E-state index in [9.17, 15) is 4.79 Å². The number of carbonyl (C=O) groups is 1. The van der Waals surface area contributed by atoms with Crippen LogP contribution in [0.25, 0.3) is 0 Å². The second kappa shape index (κ2) is 7.04. The molecule has 1 aliphatic carbocycles. The zero-order valence-corrected chi connectivity index (χ0v) is 12.6. The van der Waals surface area contributed by atoms with Crippen LogP contribution in [0.2, 0.25) is 5.15 Å². The van der Waals surface area contributed by atoms with Gasteiger partial charge in [-0.1, -0.05) is 24.9 Å². The Morgan fingerprint density at radius 3 is 2.75 bits per heavy atom. The average molecular weight is 296 g/mol. The van der Waals surface area contributed by atoms with Crippen LogP contribution in [0.15, 0.2) is 12.1 Å². The topological polar surface area (TPSA) is 68.0 Å². The van der Waals surface area contributed by atoms with Gasteiger partial charge in [-0.3, -0.25) is 4.79 Å². The zero-order chi connectivity index (χ0) is 14.5. The third-order valence-corrected chi connectivity index (χ3v) is 3.92. The minimum atomic E-state index is -0.0628. The van der Waals surface area contributed by atoms with Crippen LogP contribution in [0.4, 0.5) is 0 Å². The molecule has 20 heavy (non-hydrogen) atoms. The summed E-state index contributed by atoms with van der Waals surface area (Å²) in [6, 6.07) is 3.97. The number of nitrogens with one attached hydrogen (secondary N) is 1. The molecule has 0 aromatic carbocycles. The van der Waals surface area contributed by atoms with Crippen LogP contribution in [0.1, 0.15) is 55.1 Å². The fraction of sp³-hybridized carbons (Fsp3) is 0.600. The highest BCUT2D eigenvalue weighted by Crippen LogP contribution is 2.18. The first kappa shape index (κ1) is 15.3. The Morgan fingerprint density at radius 2 is 2.10 bits per heavy atom. The number of aromatic nitrogens is 1. The first-order valence-electron chi connectivity index (χ1n) is 7.31. The van der Waals surface area contributed by atoms with E-state index in [0.717, 1.165) is 44.2 Å². The van der Waals surface area contributed by atoms with Crippen molar-refractivity contribution in [2.45, 2.75) is 57.5 Å². The molecule has 0 spiro atoms. The lowest BCUT2D eigenvalue weighted by Crippen LogP contribution is -2.40. The summed E-state index contributed by atoms with van der Waals surface area (Å²) in [4.78, 5) is 16.5. The van der Waals surface area contributed by atoms with Crippen molar-refractivity contribution in [3.63, 3.8) is 0 Å². The summed E-state index contributed by atoms with van der Waals surface area (Å²) in [5, 5.41) is 3.45. The van der Waals surface area contributed by atoms with Gasteiger partial charge < -0.3 is 11.1 Å². The molecule has 2 rings (SSSR count). The predicted octanol–water partition coefficient (Wildman–Crippen LogP) is 2.69. The summed E-state index contributed by atoms with van der Waals surface area (Å²) >= 11 is 5.98. The number of hydrogen-bond acceptors (Lipinski definition) is 3. The molecule has 0 aliphatic heterocycles. The third kappa shape index (κ3) is 4.18. The molecule has 0 bridgehead atoms. The SMILES string of the molecule is CCCc1cc(C(=O)NC2CCC(N)CC2)cc(Cl)n1. The van der Waals surface area contributed by atoms with Gasteiger partial charge in [-0.15, -0.1) is 0 Å². The third-order valence-electron chi connectivity index (χ3n) is 3.72. The zero-order valence-electron chi connectivity index (χ0n) is 11.9. The maximum absolute atomic E-state index is 12.3. The minimum Gasteiger partial charge on any atom is -0.349 e. The maximum Gasteiger partial charge on any atom is 0.251 e. The summed E-state index contributed by atoms with van der Waals surface area (Å²) in [5.74, 6) is -0.0628. The van der Waals surface area contributed by atoms with Crippen LogP contribution >= 0.6 is 11.6 Å². The normalized spacial score (nSPS) is 22.6. The number of carbonyl (C=O) groups excluding carboxylic acids is 1. The number of nitrogens with two attached hydrogens (primary N) is 1. The summed E-state index contributed by atoms with van der Waals surface area (Å²) in [7, 11) is 0. The number of rotatable bonds is 4. The van der Waals surface area contributed by atoms with E-state index < -0.39 is 0 Å². The van der Waals surface area contributed by atoms with Crippen molar-refractivity contribution in [2.24, 2.45) is 5.73 Å². The van der Waals surface area contributed by atoms with E-state index in [-0.39, 0.29) is 18.0 Å². The van der Waals surface area contributed by atoms with Crippen molar-refractivity contribution in [3.05, 3.63) is 28.5 Å². The fourth-order valence-corrected chi connectivity index (χ4v) is 2.82. The van der Waals surface area contributed by atoms with E-state index in [1.165, 1.54) is 0 Å². The highest BCUT2D eigenvalue weighted by atomic mass is 35.5. The molecule has 1 aliphatic rings. The minimum absolute atomic E-state index is 0.0628. The van der Waals surface area contributed by atoms with Crippen molar-refractivity contribution >= 4 is 17.5 Å². The first-order chi connectivity index (χ1) is 9.58. The second-order valence-corrected chi connectivity index (χ2v) is 5.89. The molecule has 1 aromatic rings. The molecule has 1 amide bonds. The number of hydrogen-bond donors (Lipinski definition) is 2. The van der Waals surface area contributed by atoms with Crippen molar-refractivity contribution in [2.75, 3.05) is 0 Å². The molecule has 5 heteroatoms. The molecule has 110 valence electrons. The van der Waals surface area contributed by atoms with Crippen molar-refractivity contribution < 1.29 is 4.79 Å². The van der Waals surface area contributed by atoms with Gasteiger partial charge in [-0.05, 0) is 44.2 Å². The molecule has 0 radical (unpaired) electrons. The van der Waals surface area contributed by atoms with Gasteiger partial charge in [-0.2, -0.15) is 0 Å². The van der Waals surface area contributed by atoms with Crippen LogP contribution in [-0.4, -0.2) is 23.0 Å². The van der Waals surface area contributed by atoms with Crippen LogP contribution in [0.5, 0.6) is 0 Å². The molecule has 1 fully saturated rings. The van der Waals surface area contributed by atoms with Crippen molar-refractivity contribution in [1.82, 2.24) is 10.3 Å². The van der Waals surface area contributed by atoms with Crippen molar-refractivity contribution in [1.29, 1.82) is 0 Å². The van der Waals surface area contributed by atoms with Gasteiger partial charge in [0.25, 0.3) is 5.91 Å². The number of pyridine rings is 1. The highest BCUT2D eigenvalue weighted by molar-refractivity contribution is 6.29. The van der Waals surface area contributed by atoms with Gasteiger partial charge in [0.2, 0.25) is 0 Å². The number of nitrogens with zero attached hydrogens (tertiary/aromatic N) is 1. The van der Waals surface area contributed by atoms with Gasteiger partial charge in [0.15, 0.2) is 0 Å². The molecule has 1 heterocycles. The molecular formula is C15H22ClN3O. The molecule has 0 atom stereocenters. The Kier molecular flexibility index (Phi) is 5.38. The molecule has 3 N–H and O–H groups in total. The number of amides is 1. The quantitative estimate of drug-likeness (QED) is 0.839. The Balaban J connectivity index is 2.01. The second-order valence-electron chi connectivity index (χ2n) is 5.51. The Bertz CT molecular complexity index is 470. The van der Waals surface area contributed by atoms with Gasteiger partial charge >= 0.3 is 0 Å². The molecule has 1 saturated carbocycles. The Labute approximate surface area is 125 Å². The van der Waals surface area contributed by atoms with Crippen molar-refractivity contribution in [3.8, 4) is 0 Å². The van der Waals surface area contributed by atoms with Gasteiger partial charge in [-0.25, -0.2) is 4.98 Å². The molecule has 0 saturated heterocycles. The lowest BCUT2D eigenvalue weighted by atomic mass is 9.91. The number of aryl methyl sites for hydroxylation is 1.